The van der Waals surface area contributed by atoms with E-state index in [9.17, 15) is 35.9 Å². The van der Waals surface area contributed by atoms with Crippen molar-refractivity contribution in [2.75, 3.05) is 26.7 Å². The second kappa shape index (κ2) is 18.8. The maximum atomic E-state index is 14.3. The van der Waals surface area contributed by atoms with Crippen LogP contribution in [0.2, 0.25) is 0 Å². The number of hydrogen-bond donors (Lipinski definition) is 1. The van der Waals surface area contributed by atoms with E-state index in [1.54, 1.807) is 12.1 Å². The van der Waals surface area contributed by atoms with Crippen molar-refractivity contribution in [3.8, 4) is 0 Å². The number of nitrogens with zero attached hydrogens (tertiary/aromatic N) is 4. The van der Waals surface area contributed by atoms with Crippen LogP contribution in [0.4, 0.5) is 17.6 Å². The van der Waals surface area contributed by atoms with Gasteiger partial charge in [0.25, 0.3) is 9.84 Å². The zero-order valence-electron chi connectivity index (χ0n) is 29.6. The lowest BCUT2D eigenvalue weighted by Crippen LogP contribution is -2.47. The Labute approximate surface area is 322 Å². The third-order valence-electron chi connectivity index (χ3n) is 10.4. The fourth-order valence-electron chi connectivity index (χ4n) is 7.96. The van der Waals surface area contributed by atoms with Gasteiger partial charge in [0.05, 0.1) is 10.6 Å². The van der Waals surface area contributed by atoms with Gasteiger partial charge in [0.2, 0.25) is 0 Å². The van der Waals surface area contributed by atoms with E-state index in [1.807, 2.05) is 43.5 Å². The first kappa shape index (κ1) is 45.7. The summed E-state index contributed by atoms with van der Waals surface area (Å²) in [7, 11) is -3.50. The van der Waals surface area contributed by atoms with E-state index >= 15 is 0 Å². The van der Waals surface area contributed by atoms with Gasteiger partial charge in [-0.3, -0.25) is 14.4 Å². The fraction of sp³-hybridized carbons (Fsp3) is 0.556. The SMILES string of the molecule is CCn1nc(Cc2ccc(S(=O)(=O)C(F)(F)F)cc2)cc1C1CCN(CC2CC(N(C)[C@@H](C(=O)O)C(C)C)CC2c2cccc(F)c2)CC1.Cl.Cl.Cl. The summed E-state index contributed by atoms with van der Waals surface area (Å²) in [6.45, 7) is 9.13. The number of aromatic nitrogens is 2. The quantitative estimate of drug-likeness (QED) is 0.186. The van der Waals surface area contributed by atoms with Gasteiger partial charge in [0.1, 0.15) is 11.9 Å². The average molecular weight is 816 g/mol. The Bertz CT molecular complexity index is 1720. The van der Waals surface area contributed by atoms with Gasteiger partial charge in [-0.15, -0.1) is 37.2 Å². The summed E-state index contributed by atoms with van der Waals surface area (Å²) < 4.78 is 78.6. The molecule has 1 saturated carbocycles. The topological polar surface area (TPSA) is 95.7 Å². The first-order valence-electron chi connectivity index (χ1n) is 17.0. The first-order chi connectivity index (χ1) is 23.1. The number of carboxylic acids is 1. The Morgan fingerprint density at radius 1 is 1.02 bits per heavy atom. The zero-order valence-corrected chi connectivity index (χ0v) is 32.9. The number of halogens is 7. The number of aryl methyl sites for hydroxylation is 1. The van der Waals surface area contributed by atoms with Crippen LogP contribution in [0.1, 0.15) is 80.8 Å². The number of hydrogen-bond acceptors (Lipinski definition) is 6. The molecule has 0 spiro atoms. The summed E-state index contributed by atoms with van der Waals surface area (Å²) in [5.41, 5.74) is -1.84. The highest BCUT2D eigenvalue weighted by Gasteiger charge is 2.47. The Morgan fingerprint density at radius 2 is 1.65 bits per heavy atom. The van der Waals surface area contributed by atoms with E-state index in [4.69, 9.17) is 5.10 Å². The molecule has 0 amide bonds. The molecule has 1 aliphatic heterocycles. The second-order valence-electron chi connectivity index (χ2n) is 14.0. The molecule has 1 aliphatic carbocycles. The molecule has 3 unspecified atom stereocenters. The van der Waals surface area contributed by atoms with E-state index in [0.29, 0.717) is 18.5 Å². The summed E-state index contributed by atoms with van der Waals surface area (Å²) in [6, 6.07) is 13.1. The standard InChI is InChI=1S/C36H46F4N4O4S.3ClH/c1-5-44-33(20-29(41-44)17-24-9-11-31(12-10-24)49(47,48)36(38,39)40)25-13-15-43(16-14-25)22-27-19-30(42(4)34(23(2)3)35(45)46)21-32(27)26-7-6-8-28(37)18-26;;;/h6-12,18,20,23,25,27,30,32,34H,5,13-17,19,21-22H2,1-4H3,(H,45,46);3*1H/t27?,30?,32?,34-;;;/m1.../s1. The van der Waals surface area contributed by atoms with Gasteiger partial charge in [-0.25, -0.2) is 12.8 Å². The van der Waals surface area contributed by atoms with Gasteiger partial charge in [0, 0.05) is 37.2 Å². The van der Waals surface area contributed by atoms with Gasteiger partial charge in [-0.1, -0.05) is 38.1 Å². The van der Waals surface area contributed by atoms with Crippen molar-refractivity contribution in [3.05, 3.63) is 82.9 Å². The molecule has 1 N–H and O–H groups in total. The predicted octanol–water partition coefficient (Wildman–Crippen LogP) is 7.97. The third-order valence-corrected chi connectivity index (χ3v) is 11.9. The van der Waals surface area contributed by atoms with E-state index in [1.165, 1.54) is 18.2 Å². The molecular formula is C36H49Cl3F4N4O4S. The maximum absolute atomic E-state index is 14.3. The van der Waals surface area contributed by atoms with Crippen LogP contribution in [-0.2, 0) is 27.6 Å². The van der Waals surface area contributed by atoms with Gasteiger partial charge in [0.15, 0.2) is 0 Å². The smallest absolute Gasteiger partial charge is 0.480 e. The lowest BCUT2D eigenvalue weighted by Gasteiger charge is -2.35. The van der Waals surface area contributed by atoms with Crippen LogP contribution >= 0.6 is 37.2 Å². The summed E-state index contributed by atoms with van der Waals surface area (Å²) >= 11 is 0. The van der Waals surface area contributed by atoms with Gasteiger partial charge >= 0.3 is 11.5 Å². The minimum Gasteiger partial charge on any atom is -0.480 e. The Hall–Kier alpha value is -2.42. The number of carboxylic acid groups (broad SMARTS) is 1. The van der Waals surface area contributed by atoms with Crippen molar-refractivity contribution in [1.82, 2.24) is 19.6 Å². The van der Waals surface area contributed by atoms with E-state index < -0.39 is 32.3 Å². The van der Waals surface area contributed by atoms with Crippen LogP contribution in [0.15, 0.2) is 59.5 Å². The van der Waals surface area contributed by atoms with E-state index in [0.717, 1.165) is 74.4 Å². The van der Waals surface area contributed by atoms with E-state index in [-0.39, 0.29) is 72.8 Å². The minimum absolute atomic E-state index is 0. The van der Waals surface area contributed by atoms with Crippen LogP contribution in [0.5, 0.6) is 0 Å². The molecule has 1 aromatic heterocycles. The summed E-state index contributed by atoms with van der Waals surface area (Å²) in [5.74, 6) is -0.493. The molecule has 2 fully saturated rings. The first-order valence-corrected chi connectivity index (χ1v) is 18.5. The summed E-state index contributed by atoms with van der Waals surface area (Å²) in [4.78, 5) is 15.8. The molecule has 52 heavy (non-hydrogen) atoms. The molecule has 2 aliphatic rings. The number of aliphatic carboxylic acids is 1. The summed E-state index contributed by atoms with van der Waals surface area (Å²) in [6.07, 6.45) is 3.82. The normalized spacial score (nSPS) is 20.6. The zero-order chi connectivity index (χ0) is 35.7. The molecule has 2 aromatic carbocycles. The fourth-order valence-corrected chi connectivity index (χ4v) is 8.72. The third kappa shape index (κ3) is 10.2. The minimum atomic E-state index is -5.40. The maximum Gasteiger partial charge on any atom is 0.501 e. The molecule has 16 heteroatoms. The molecule has 2 heterocycles. The van der Waals surface area contributed by atoms with Crippen molar-refractivity contribution < 1.29 is 35.9 Å². The van der Waals surface area contributed by atoms with Crippen LogP contribution in [0, 0.1) is 17.7 Å². The largest absolute Gasteiger partial charge is 0.501 e. The highest BCUT2D eigenvalue weighted by Crippen LogP contribution is 2.44. The molecular weight excluding hydrogens is 767 g/mol. The lowest BCUT2D eigenvalue weighted by atomic mass is 9.87. The van der Waals surface area contributed by atoms with Crippen LogP contribution in [0.3, 0.4) is 0 Å². The predicted molar refractivity (Wildman–Crippen MR) is 200 cm³/mol. The Balaban J connectivity index is 0.00000312. The number of piperidine rings is 1. The number of sulfone groups is 1. The molecule has 0 bridgehead atoms. The number of carbonyl (C=O) groups is 1. The Morgan fingerprint density at radius 3 is 2.19 bits per heavy atom. The van der Waals surface area contributed by atoms with Crippen LogP contribution < -0.4 is 0 Å². The van der Waals surface area contributed by atoms with Crippen molar-refractivity contribution in [3.63, 3.8) is 0 Å². The monoisotopic (exact) mass is 814 g/mol. The molecule has 1 saturated heterocycles. The molecule has 292 valence electrons. The molecule has 3 aromatic rings. The van der Waals surface area contributed by atoms with Gasteiger partial charge in [-0.05, 0) is 112 Å². The highest BCUT2D eigenvalue weighted by molar-refractivity contribution is 7.92. The number of likely N-dealkylation sites (N-methyl/N-ethyl adjacent to an activating group) is 1. The van der Waals surface area contributed by atoms with Crippen LogP contribution in [-0.4, -0.2) is 83.3 Å². The van der Waals surface area contributed by atoms with Gasteiger partial charge < -0.3 is 10.0 Å². The van der Waals surface area contributed by atoms with Crippen molar-refractivity contribution in [1.29, 1.82) is 0 Å². The Kier molecular flexibility index (Phi) is 16.5. The lowest BCUT2D eigenvalue weighted by molar-refractivity contribution is -0.145. The van der Waals surface area contributed by atoms with Crippen molar-refractivity contribution >= 4 is 53.0 Å². The molecule has 5 rings (SSSR count). The molecule has 0 radical (unpaired) electrons. The van der Waals surface area contributed by atoms with E-state index in [2.05, 4.69) is 11.0 Å². The second-order valence-corrected chi connectivity index (χ2v) is 15.9. The van der Waals surface area contributed by atoms with Crippen molar-refractivity contribution in [2.24, 2.45) is 11.8 Å². The highest BCUT2D eigenvalue weighted by atomic mass is 35.5. The number of rotatable bonds is 12. The average Bonchev–Trinajstić information content (AvgIpc) is 3.65. The van der Waals surface area contributed by atoms with Crippen LogP contribution in [0.25, 0.3) is 0 Å². The summed E-state index contributed by atoms with van der Waals surface area (Å²) in [5, 5.41) is 14.7. The van der Waals surface area contributed by atoms with Gasteiger partial charge in [-0.2, -0.15) is 18.3 Å². The number of alkyl halides is 3. The molecule has 4 atom stereocenters. The number of likely N-dealkylation sites (tertiary alicyclic amines) is 1. The number of benzene rings is 2. The van der Waals surface area contributed by atoms with Crippen molar-refractivity contribution in [2.45, 2.75) is 93.7 Å². The molecule has 8 nitrogen and oxygen atoms in total.